The summed E-state index contributed by atoms with van der Waals surface area (Å²) in [5.41, 5.74) is 1.37. The van der Waals surface area contributed by atoms with E-state index in [4.69, 9.17) is 4.74 Å². The molecule has 18 heavy (non-hydrogen) atoms. The minimum absolute atomic E-state index is 0.588. The average molecular weight is 247 g/mol. The molecule has 1 aliphatic heterocycles. The molecule has 0 aromatic heterocycles. The lowest BCUT2D eigenvalue weighted by molar-refractivity contribution is 0.268. The highest BCUT2D eigenvalue weighted by atomic mass is 16.5. The Kier molecular flexibility index (Phi) is 5.06. The van der Waals surface area contributed by atoms with Crippen molar-refractivity contribution >= 4 is 0 Å². The Hall–Kier alpha value is -1.02. The molecule has 1 fully saturated rings. The molecule has 2 nitrogen and oxygen atoms in total. The van der Waals surface area contributed by atoms with Crippen molar-refractivity contribution in [1.29, 1.82) is 0 Å². The van der Waals surface area contributed by atoms with Crippen molar-refractivity contribution in [3.8, 4) is 5.75 Å². The van der Waals surface area contributed by atoms with Gasteiger partial charge in [0.25, 0.3) is 0 Å². The SMILES string of the molecule is CC(C)c1ccc(OCC[C@@H]2CCCCN2)cc1. The summed E-state index contributed by atoms with van der Waals surface area (Å²) in [5, 5.41) is 3.55. The predicted molar refractivity (Wildman–Crippen MR) is 76.3 cm³/mol. The molecule has 0 aliphatic carbocycles. The number of piperidine rings is 1. The molecule has 1 saturated heterocycles. The van der Waals surface area contributed by atoms with Gasteiger partial charge in [0.15, 0.2) is 0 Å². The Bertz CT molecular complexity index is 339. The number of benzene rings is 1. The maximum Gasteiger partial charge on any atom is 0.119 e. The summed E-state index contributed by atoms with van der Waals surface area (Å²) in [6.45, 7) is 6.42. The van der Waals surface area contributed by atoms with Crippen molar-refractivity contribution in [3.05, 3.63) is 29.8 Å². The normalized spacial score (nSPS) is 20.1. The van der Waals surface area contributed by atoms with E-state index < -0.39 is 0 Å². The van der Waals surface area contributed by atoms with Gasteiger partial charge in [0, 0.05) is 6.04 Å². The number of nitrogens with one attached hydrogen (secondary N) is 1. The minimum Gasteiger partial charge on any atom is -0.494 e. The van der Waals surface area contributed by atoms with Crippen molar-refractivity contribution in [3.63, 3.8) is 0 Å². The summed E-state index contributed by atoms with van der Waals surface area (Å²) in [4.78, 5) is 0. The van der Waals surface area contributed by atoms with Crippen LogP contribution in [0.2, 0.25) is 0 Å². The fraction of sp³-hybridized carbons (Fsp3) is 0.625. The van der Waals surface area contributed by atoms with Crippen LogP contribution in [0.25, 0.3) is 0 Å². The van der Waals surface area contributed by atoms with Crippen LogP contribution in [-0.2, 0) is 0 Å². The van der Waals surface area contributed by atoms with Gasteiger partial charge in [-0.15, -0.1) is 0 Å². The second-order valence-electron chi connectivity index (χ2n) is 5.51. The van der Waals surface area contributed by atoms with Gasteiger partial charge < -0.3 is 10.1 Å². The third-order valence-corrected chi connectivity index (χ3v) is 3.69. The van der Waals surface area contributed by atoms with Gasteiger partial charge in [0.1, 0.15) is 5.75 Å². The van der Waals surface area contributed by atoms with Crippen molar-refractivity contribution < 1.29 is 4.74 Å². The predicted octanol–water partition coefficient (Wildman–Crippen LogP) is 3.72. The number of hydrogen-bond acceptors (Lipinski definition) is 2. The van der Waals surface area contributed by atoms with Crippen LogP contribution >= 0.6 is 0 Å². The largest absolute Gasteiger partial charge is 0.494 e. The average Bonchev–Trinajstić information content (AvgIpc) is 2.40. The molecule has 1 aromatic carbocycles. The molecular formula is C16H25NO. The fourth-order valence-electron chi connectivity index (χ4n) is 2.44. The molecule has 1 aromatic rings. The first kappa shape index (κ1) is 13.4. The summed E-state index contributed by atoms with van der Waals surface area (Å²) in [5.74, 6) is 1.58. The minimum atomic E-state index is 0.588. The molecule has 2 heteroatoms. The zero-order valence-corrected chi connectivity index (χ0v) is 11.6. The summed E-state index contributed by atoms with van der Waals surface area (Å²) in [6.07, 6.45) is 5.11. The van der Waals surface area contributed by atoms with Gasteiger partial charge in [-0.2, -0.15) is 0 Å². The Labute approximate surface area is 111 Å². The third kappa shape index (κ3) is 4.02. The van der Waals surface area contributed by atoms with Crippen molar-refractivity contribution in [2.24, 2.45) is 0 Å². The van der Waals surface area contributed by atoms with E-state index in [1.807, 2.05) is 0 Å². The Morgan fingerprint density at radius 1 is 1.22 bits per heavy atom. The van der Waals surface area contributed by atoms with Crippen LogP contribution in [0.3, 0.4) is 0 Å². The van der Waals surface area contributed by atoms with E-state index in [-0.39, 0.29) is 0 Å². The lowest BCUT2D eigenvalue weighted by Gasteiger charge is -2.23. The maximum atomic E-state index is 5.80. The fourth-order valence-corrected chi connectivity index (χ4v) is 2.44. The molecule has 0 saturated carbocycles. The van der Waals surface area contributed by atoms with E-state index in [0.29, 0.717) is 12.0 Å². The smallest absolute Gasteiger partial charge is 0.119 e. The lowest BCUT2D eigenvalue weighted by atomic mass is 10.0. The molecule has 0 spiro atoms. The Balaban J connectivity index is 1.72. The second kappa shape index (κ2) is 6.79. The van der Waals surface area contributed by atoms with Crippen molar-refractivity contribution in [1.82, 2.24) is 5.32 Å². The van der Waals surface area contributed by atoms with Crippen LogP contribution in [0.5, 0.6) is 5.75 Å². The molecule has 2 rings (SSSR count). The number of rotatable bonds is 5. The summed E-state index contributed by atoms with van der Waals surface area (Å²) in [7, 11) is 0. The first-order valence-electron chi connectivity index (χ1n) is 7.22. The van der Waals surface area contributed by atoms with Crippen LogP contribution in [0.1, 0.15) is 51.0 Å². The highest BCUT2D eigenvalue weighted by Gasteiger charge is 2.11. The zero-order chi connectivity index (χ0) is 12.8. The standard InChI is InChI=1S/C16H25NO/c1-13(2)14-6-8-16(9-7-14)18-12-10-15-5-3-4-11-17-15/h6-9,13,15,17H,3-5,10-12H2,1-2H3/t15-/m0/s1. The van der Waals surface area contributed by atoms with Crippen LogP contribution in [0.4, 0.5) is 0 Å². The van der Waals surface area contributed by atoms with Gasteiger partial charge in [-0.1, -0.05) is 32.4 Å². The van der Waals surface area contributed by atoms with Crippen molar-refractivity contribution in [2.75, 3.05) is 13.2 Å². The van der Waals surface area contributed by atoms with Crippen LogP contribution in [-0.4, -0.2) is 19.2 Å². The van der Waals surface area contributed by atoms with E-state index in [1.54, 1.807) is 0 Å². The van der Waals surface area contributed by atoms with E-state index in [2.05, 4.69) is 43.4 Å². The molecule has 1 aliphatic rings. The number of ether oxygens (including phenoxy) is 1. The first-order chi connectivity index (χ1) is 8.75. The molecule has 100 valence electrons. The van der Waals surface area contributed by atoms with Crippen LogP contribution < -0.4 is 10.1 Å². The van der Waals surface area contributed by atoms with E-state index >= 15 is 0 Å². The molecule has 1 heterocycles. The summed E-state index contributed by atoms with van der Waals surface area (Å²) < 4.78 is 5.80. The van der Waals surface area contributed by atoms with Gasteiger partial charge in [-0.25, -0.2) is 0 Å². The van der Waals surface area contributed by atoms with Gasteiger partial charge in [0.05, 0.1) is 6.61 Å². The first-order valence-corrected chi connectivity index (χ1v) is 7.22. The molecule has 0 unspecified atom stereocenters. The topological polar surface area (TPSA) is 21.3 Å². The van der Waals surface area contributed by atoms with Crippen LogP contribution in [0.15, 0.2) is 24.3 Å². The molecule has 0 radical (unpaired) electrons. The zero-order valence-electron chi connectivity index (χ0n) is 11.6. The van der Waals surface area contributed by atoms with Gasteiger partial charge in [-0.05, 0) is 49.4 Å². The lowest BCUT2D eigenvalue weighted by Crippen LogP contribution is -2.35. The number of hydrogen-bond donors (Lipinski definition) is 1. The van der Waals surface area contributed by atoms with E-state index in [9.17, 15) is 0 Å². The highest BCUT2D eigenvalue weighted by molar-refractivity contribution is 5.28. The Morgan fingerprint density at radius 2 is 2.00 bits per heavy atom. The molecule has 0 bridgehead atoms. The van der Waals surface area contributed by atoms with E-state index in [0.717, 1.165) is 18.8 Å². The summed E-state index contributed by atoms with van der Waals surface area (Å²) in [6, 6.07) is 9.17. The monoisotopic (exact) mass is 247 g/mol. The van der Waals surface area contributed by atoms with E-state index in [1.165, 1.54) is 31.4 Å². The Morgan fingerprint density at radius 3 is 2.61 bits per heavy atom. The van der Waals surface area contributed by atoms with Crippen molar-refractivity contribution in [2.45, 2.75) is 51.5 Å². The summed E-state index contributed by atoms with van der Waals surface area (Å²) >= 11 is 0. The van der Waals surface area contributed by atoms with Gasteiger partial charge in [0.2, 0.25) is 0 Å². The van der Waals surface area contributed by atoms with Crippen LogP contribution in [0, 0.1) is 0 Å². The molecule has 1 atom stereocenters. The molecule has 0 amide bonds. The molecule has 1 N–H and O–H groups in total. The quantitative estimate of drug-likeness (QED) is 0.856. The highest BCUT2D eigenvalue weighted by Crippen LogP contribution is 2.19. The van der Waals surface area contributed by atoms with Gasteiger partial charge >= 0.3 is 0 Å². The maximum absolute atomic E-state index is 5.80. The second-order valence-corrected chi connectivity index (χ2v) is 5.51. The molecular weight excluding hydrogens is 222 g/mol. The third-order valence-electron chi connectivity index (χ3n) is 3.69. The van der Waals surface area contributed by atoms with Gasteiger partial charge in [-0.3, -0.25) is 0 Å².